The zero-order valence-electron chi connectivity index (χ0n) is 21.4. The number of alkyl carbamates (subject to hydrolysis) is 1. The van der Waals surface area contributed by atoms with Gasteiger partial charge < -0.3 is 25.6 Å². The summed E-state index contributed by atoms with van der Waals surface area (Å²) in [6.45, 7) is 6.58. The van der Waals surface area contributed by atoms with Crippen molar-refractivity contribution in [3.05, 3.63) is 12.5 Å². The number of hydrogen-bond donors (Lipinski definition) is 3. The van der Waals surface area contributed by atoms with E-state index in [1.807, 2.05) is 0 Å². The van der Waals surface area contributed by atoms with Crippen LogP contribution in [0.1, 0.15) is 33.9 Å². The molecule has 0 bridgehead atoms. The van der Waals surface area contributed by atoms with Gasteiger partial charge in [-0.25, -0.2) is 19.3 Å². The highest BCUT2D eigenvalue weighted by Crippen LogP contribution is 2.58. The Morgan fingerprint density at radius 1 is 1.42 bits per heavy atom. The number of aliphatic hydroxyl groups is 1. The van der Waals surface area contributed by atoms with Crippen molar-refractivity contribution in [2.24, 2.45) is 5.41 Å². The zero-order valence-corrected chi connectivity index (χ0v) is 23.1. The summed E-state index contributed by atoms with van der Waals surface area (Å²) >= 11 is 0.961. The summed E-state index contributed by atoms with van der Waals surface area (Å²) in [5, 5.41) is 13.7. The molecule has 0 saturated carbocycles. The van der Waals surface area contributed by atoms with Gasteiger partial charge in [0.25, 0.3) is 0 Å². The number of nitrogens with one attached hydrogen (secondary N) is 1. The van der Waals surface area contributed by atoms with Crippen LogP contribution in [0, 0.1) is 5.41 Å². The first kappa shape index (κ1) is 28.7. The fourth-order valence-electron chi connectivity index (χ4n) is 3.98. The molecule has 2 aromatic heterocycles. The Labute approximate surface area is 222 Å². The highest BCUT2D eigenvalue weighted by Gasteiger charge is 2.60. The number of amides is 1. The van der Waals surface area contributed by atoms with Gasteiger partial charge in [0.2, 0.25) is 5.95 Å². The van der Waals surface area contributed by atoms with Gasteiger partial charge in [0.05, 0.1) is 37.8 Å². The van der Waals surface area contributed by atoms with E-state index < -0.39 is 43.4 Å². The minimum Gasteiger partial charge on any atom is -0.450 e. The first-order chi connectivity index (χ1) is 17.9. The Morgan fingerprint density at radius 2 is 2.18 bits per heavy atom. The van der Waals surface area contributed by atoms with Crippen molar-refractivity contribution in [1.29, 1.82) is 0 Å². The van der Waals surface area contributed by atoms with Crippen LogP contribution in [0.15, 0.2) is 12.5 Å². The summed E-state index contributed by atoms with van der Waals surface area (Å²) in [5.74, 6) is 0.186. The Hall–Kier alpha value is -2.33. The molecule has 2 saturated heterocycles. The minimum atomic E-state index is -4.07. The van der Waals surface area contributed by atoms with Crippen LogP contribution in [-0.2, 0) is 32.4 Å². The molecule has 4 N–H and O–H groups in total. The number of aromatic nitrogens is 4. The van der Waals surface area contributed by atoms with Gasteiger partial charge in [-0.15, -0.1) is 0 Å². The van der Waals surface area contributed by atoms with Crippen molar-refractivity contribution in [3.8, 4) is 0 Å². The van der Waals surface area contributed by atoms with E-state index in [0.717, 1.165) is 11.8 Å². The molecule has 4 heterocycles. The summed E-state index contributed by atoms with van der Waals surface area (Å²) in [5.41, 5.74) is 3.97. The molecule has 0 aromatic carbocycles. The molecule has 2 aliphatic heterocycles. The number of carbonyl (C=O) groups excluding carboxylic acids is 2. The maximum absolute atomic E-state index is 13.1. The van der Waals surface area contributed by atoms with Gasteiger partial charge in [-0.05, 0) is 13.8 Å². The molecule has 17 heteroatoms. The van der Waals surface area contributed by atoms with Gasteiger partial charge in [0.1, 0.15) is 23.3 Å². The van der Waals surface area contributed by atoms with Gasteiger partial charge in [0, 0.05) is 12.3 Å². The fraction of sp³-hybridized carbons (Fsp3) is 0.667. The van der Waals surface area contributed by atoms with E-state index in [2.05, 4.69) is 20.3 Å². The lowest BCUT2D eigenvalue weighted by atomic mass is 9.96. The van der Waals surface area contributed by atoms with Crippen molar-refractivity contribution in [1.82, 2.24) is 24.8 Å². The smallest absolute Gasteiger partial charge is 0.450 e. The van der Waals surface area contributed by atoms with Gasteiger partial charge in [-0.1, -0.05) is 25.6 Å². The van der Waals surface area contributed by atoms with E-state index in [1.165, 1.54) is 24.0 Å². The first-order valence-corrected chi connectivity index (χ1v) is 14.3. The van der Waals surface area contributed by atoms with Crippen LogP contribution in [0.5, 0.6) is 0 Å². The van der Waals surface area contributed by atoms with Gasteiger partial charge >= 0.3 is 13.9 Å². The summed E-state index contributed by atoms with van der Waals surface area (Å²) in [4.78, 5) is 36.3. The van der Waals surface area contributed by atoms with Crippen molar-refractivity contribution >= 4 is 47.9 Å². The third-order valence-electron chi connectivity index (χ3n) is 6.01. The number of hydrogen-bond acceptors (Lipinski definition) is 14. The zero-order chi connectivity index (χ0) is 27.7. The Balaban J connectivity index is 1.32. The topological polar surface area (TPSA) is 199 Å². The number of nitrogens with two attached hydrogens (primary N) is 1. The number of anilines is 1. The SMILES string of the molecule is CCOC(=O)NCC(C)(C)C(=O)SCCO[P@@]1(=O)OC[C@H]2O[C@@H](n3cnc4cnc(N)nc43)[C@](C)(O)[C@@H]2O1. The lowest BCUT2D eigenvalue weighted by Crippen LogP contribution is -2.47. The Bertz CT molecular complexity index is 1240. The number of imidazole rings is 1. The molecule has 0 unspecified atom stereocenters. The molecule has 2 aromatic rings. The second-order valence-electron chi connectivity index (χ2n) is 9.54. The monoisotopic (exact) mass is 574 g/mol. The third-order valence-corrected chi connectivity index (χ3v) is 8.65. The number of nitrogens with zero attached hydrogens (tertiary/aromatic N) is 4. The molecular formula is C21H31N6O9PS. The maximum Gasteiger partial charge on any atom is 0.475 e. The second kappa shape index (κ2) is 11.0. The molecular weight excluding hydrogens is 543 g/mol. The molecule has 1 amide bonds. The second-order valence-corrected chi connectivity index (χ2v) is 12.2. The van der Waals surface area contributed by atoms with E-state index in [0.29, 0.717) is 11.2 Å². The number of rotatable bonds is 9. The van der Waals surface area contributed by atoms with E-state index in [-0.39, 0.29) is 43.2 Å². The standard InChI is InChI=1S/C21H31N6O9PS/c1-5-32-19(29)24-10-20(2,3)17(28)38-7-6-33-37(31)34-9-13-14(36-37)21(4,30)16(35-13)27-11-25-12-8-23-18(22)26-15(12)27/h8,11,13-14,16,30H,5-7,9-10H2,1-4H3,(H,24,29)(H2,22,23,26)/t13-,14-,16-,21-,37+/m1/s1. The molecule has 38 heavy (non-hydrogen) atoms. The predicted octanol–water partition coefficient (Wildman–Crippen LogP) is 1.63. The lowest BCUT2D eigenvalue weighted by molar-refractivity contribution is -0.117. The first-order valence-electron chi connectivity index (χ1n) is 11.8. The maximum atomic E-state index is 13.1. The van der Waals surface area contributed by atoms with E-state index in [9.17, 15) is 19.3 Å². The quantitative estimate of drug-likeness (QED) is 0.288. The number of fused-ring (bicyclic) bond motifs is 2. The molecule has 2 fully saturated rings. The average molecular weight is 575 g/mol. The number of phosphoric acid groups is 1. The van der Waals surface area contributed by atoms with Crippen molar-refractivity contribution in [3.63, 3.8) is 0 Å². The minimum absolute atomic E-state index is 0.0294. The third kappa shape index (κ3) is 5.96. The van der Waals surface area contributed by atoms with Crippen LogP contribution >= 0.6 is 19.6 Å². The van der Waals surface area contributed by atoms with E-state index in [4.69, 9.17) is 28.8 Å². The number of ether oxygens (including phenoxy) is 2. The highest BCUT2D eigenvalue weighted by molar-refractivity contribution is 8.13. The number of carbonyl (C=O) groups is 2. The summed E-state index contributed by atoms with van der Waals surface area (Å²) < 4.78 is 41.8. The predicted molar refractivity (Wildman–Crippen MR) is 135 cm³/mol. The van der Waals surface area contributed by atoms with Crippen molar-refractivity contribution in [2.45, 2.75) is 51.7 Å². The molecule has 5 atom stereocenters. The molecule has 15 nitrogen and oxygen atoms in total. The van der Waals surface area contributed by atoms with Crippen LogP contribution in [0.3, 0.4) is 0 Å². The number of nitrogen functional groups attached to an aromatic ring is 1. The molecule has 2 aliphatic rings. The summed E-state index contributed by atoms with van der Waals surface area (Å²) in [7, 11) is -4.07. The molecule has 0 spiro atoms. The molecule has 210 valence electrons. The summed E-state index contributed by atoms with van der Waals surface area (Å²) in [6.07, 6.45) is -0.507. The van der Waals surface area contributed by atoms with E-state index >= 15 is 0 Å². The van der Waals surface area contributed by atoms with Crippen LogP contribution in [-0.4, -0.2) is 85.8 Å². The van der Waals surface area contributed by atoms with E-state index in [1.54, 1.807) is 20.8 Å². The van der Waals surface area contributed by atoms with Gasteiger partial charge in [-0.3, -0.25) is 22.9 Å². The average Bonchev–Trinajstić information content (AvgIpc) is 3.37. The molecule has 0 aliphatic carbocycles. The number of thioether (sulfide) groups is 1. The highest BCUT2D eigenvalue weighted by atomic mass is 32.2. The Kier molecular flexibility index (Phi) is 8.33. The molecule has 0 radical (unpaired) electrons. The normalized spacial score (nSPS) is 29.2. The van der Waals surface area contributed by atoms with Gasteiger partial charge in [0.15, 0.2) is 17.0 Å². The number of phosphoric ester groups is 1. The van der Waals surface area contributed by atoms with Crippen molar-refractivity contribution in [2.75, 3.05) is 37.9 Å². The van der Waals surface area contributed by atoms with Crippen LogP contribution < -0.4 is 11.1 Å². The Morgan fingerprint density at radius 3 is 2.92 bits per heavy atom. The fourth-order valence-corrected chi connectivity index (χ4v) is 6.39. The molecule has 4 rings (SSSR count). The summed E-state index contributed by atoms with van der Waals surface area (Å²) in [6, 6.07) is 0. The van der Waals surface area contributed by atoms with Crippen molar-refractivity contribution < 1.29 is 42.3 Å². The van der Waals surface area contributed by atoms with Crippen LogP contribution in [0.2, 0.25) is 0 Å². The van der Waals surface area contributed by atoms with Crippen LogP contribution in [0.4, 0.5) is 10.7 Å². The largest absolute Gasteiger partial charge is 0.475 e. The van der Waals surface area contributed by atoms with Gasteiger partial charge in [-0.2, -0.15) is 4.98 Å². The lowest BCUT2D eigenvalue weighted by Gasteiger charge is -2.35. The van der Waals surface area contributed by atoms with Crippen LogP contribution in [0.25, 0.3) is 11.2 Å².